The summed E-state index contributed by atoms with van der Waals surface area (Å²) in [5.74, 6) is 1.40. The van der Waals surface area contributed by atoms with Crippen LogP contribution in [0.4, 0.5) is 4.79 Å². The number of hydrogen-bond acceptors (Lipinski definition) is 8. The number of nitrogens with one attached hydrogen (secondary N) is 2. The summed E-state index contributed by atoms with van der Waals surface area (Å²) in [5, 5.41) is 5.94. The topological polar surface area (TPSA) is 125 Å². The predicted octanol–water partition coefficient (Wildman–Crippen LogP) is 4.82. The summed E-state index contributed by atoms with van der Waals surface area (Å²) >= 11 is 0. The molecule has 10 nitrogen and oxygen atoms in total. The van der Waals surface area contributed by atoms with E-state index in [-0.39, 0.29) is 24.5 Å². The fraction of sp³-hybridized carbons (Fsp3) is 0.281. The maximum absolute atomic E-state index is 13.1. The highest BCUT2D eigenvalue weighted by molar-refractivity contribution is 5.83. The van der Waals surface area contributed by atoms with Crippen LogP contribution in [0.15, 0.2) is 82.2 Å². The molecule has 1 aliphatic heterocycles. The van der Waals surface area contributed by atoms with Gasteiger partial charge in [0.15, 0.2) is 23.5 Å². The fourth-order valence-corrected chi connectivity index (χ4v) is 4.43. The van der Waals surface area contributed by atoms with Gasteiger partial charge in [-0.1, -0.05) is 36.4 Å². The van der Waals surface area contributed by atoms with Crippen molar-refractivity contribution in [1.82, 2.24) is 10.6 Å². The van der Waals surface area contributed by atoms with Gasteiger partial charge in [0.2, 0.25) is 0 Å². The molecule has 0 atom stereocenters. The van der Waals surface area contributed by atoms with Crippen LogP contribution in [0.25, 0.3) is 22.1 Å². The molecule has 1 aromatic heterocycles. The number of carbonyl (C=O) groups is 2. The second-order valence-electron chi connectivity index (χ2n) is 9.68. The number of carbonyl (C=O) groups excluding carboxylic acids is 2. The lowest BCUT2D eigenvalue weighted by Crippen LogP contribution is -2.30. The maximum atomic E-state index is 13.1. The maximum Gasteiger partial charge on any atom is 0.407 e. The van der Waals surface area contributed by atoms with E-state index in [4.69, 9.17) is 23.4 Å². The van der Waals surface area contributed by atoms with E-state index in [1.165, 1.54) is 6.26 Å². The minimum atomic E-state index is -0.447. The third-order valence-electron chi connectivity index (χ3n) is 6.63. The van der Waals surface area contributed by atoms with Crippen LogP contribution in [0.1, 0.15) is 24.8 Å². The third-order valence-corrected chi connectivity index (χ3v) is 6.63. The predicted molar refractivity (Wildman–Crippen MR) is 156 cm³/mol. The van der Waals surface area contributed by atoms with Gasteiger partial charge in [-0.2, -0.15) is 0 Å². The molecule has 10 heteroatoms. The first-order valence-electron chi connectivity index (χ1n) is 13.9. The molecule has 0 saturated heterocycles. The molecule has 218 valence electrons. The third kappa shape index (κ3) is 7.60. The van der Waals surface area contributed by atoms with Crippen LogP contribution in [0.3, 0.4) is 0 Å². The monoisotopic (exact) mass is 572 g/mol. The molecule has 0 fully saturated rings. The SMILES string of the molecule is O=C(COc1ccc2c(=O)c(-c3ccc4c(c3)OCCO4)coc2c1)NCCCCCNC(=O)OCc1ccccc1. The summed E-state index contributed by atoms with van der Waals surface area (Å²) in [4.78, 5) is 37.1. The number of ether oxygens (including phenoxy) is 4. The molecular formula is C32H32N2O8. The molecule has 4 aromatic rings. The van der Waals surface area contributed by atoms with Gasteiger partial charge in [0.05, 0.1) is 10.9 Å². The number of hydrogen-bond donors (Lipinski definition) is 2. The molecule has 0 radical (unpaired) electrons. The van der Waals surface area contributed by atoms with Crippen molar-refractivity contribution in [3.05, 3.63) is 88.8 Å². The average Bonchev–Trinajstić information content (AvgIpc) is 3.02. The minimum Gasteiger partial charge on any atom is -0.486 e. The van der Waals surface area contributed by atoms with Crippen LogP contribution in [0.5, 0.6) is 17.2 Å². The highest BCUT2D eigenvalue weighted by atomic mass is 16.6. The highest BCUT2D eigenvalue weighted by Gasteiger charge is 2.16. The first-order valence-corrected chi connectivity index (χ1v) is 13.9. The second kappa shape index (κ2) is 14.1. The molecule has 2 amide bonds. The number of benzene rings is 3. The van der Waals surface area contributed by atoms with Crippen LogP contribution in [-0.4, -0.2) is 44.9 Å². The fourth-order valence-electron chi connectivity index (χ4n) is 4.43. The summed E-state index contributed by atoms with van der Waals surface area (Å²) < 4.78 is 27.7. The van der Waals surface area contributed by atoms with Crippen molar-refractivity contribution in [3.63, 3.8) is 0 Å². The van der Waals surface area contributed by atoms with Crippen LogP contribution < -0.4 is 30.3 Å². The van der Waals surface area contributed by atoms with Gasteiger partial charge in [0.25, 0.3) is 5.91 Å². The van der Waals surface area contributed by atoms with E-state index in [9.17, 15) is 14.4 Å². The quantitative estimate of drug-likeness (QED) is 0.232. The summed E-state index contributed by atoms with van der Waals surface area (Å²) in [6, 6.07) is 19.7. The Kier molecular flexibility index (Phi) is 9.56. The van der Waals surface area contributed by atoms with E-state index in [1.54, 1.807) is 36.4 Å². The molecule has 3 aromatic carbocycles. The van der Waals surface area contributed by atoms with E-state index in [0.717, 1.165) is 24.8 Å². The Bertz CT molecular complexity index is 1590. The number of rotatable bonds is 12. The molecule has 42 heavy (non-hydrogen) atoms. The first kappa shape index (κ1) is 28.5. The lowest BCUT2D eigenvalue weighted by molar-refractivity contribution is -0.123. The van der Waals surface area contributed by atoms with Crippen molar-refractivity contribution in [2.75, 3.05) is 32.9 Å². The smallest absolute Gasteiger partial charge is 0.407 e. The van der Waals surface area contributed by atoms with Gasteiger partial charge >= 0.3 is 6.09 Å². The van der Waals surface area contributed by atoms with Gasteiger partial charge in [0, 0.05) is 19.2 Å². The molecule has 0 spiro atoms. The Morgan fingerprint density at radius 2 is 1.62 bits per heavy atom. The van der Waals surface area contributed by atoms with E-state index in [2.05, 4.69) is 10.6 Å². The Morgan fingerprint density at radius 3 is 2.45 bits per heavy atom. The number of alkyl carbamates (subject to hydrolysis) is 1. The Labute approximate surface area is 242 Å². The van der Waals surface area contributed by atoms with Crippen LogP contribution in [0.2, 0.25) is 0 Å². The molecule has 5 rings (SSSR count). The molecule has 0 aliphatic carbocycles. The Morgan fingerprint density at radius 1 is 0.833 bits per heavy atom. The number of unbranched alkanes of at least 4 members (excludes halogenated alkanes) is 2. The van der Waals surface area contributed by atoms with Gasteiger partial charge in [-0.05, 0) is 54.7 Å². The number of fused-ring (bicyclic) bond motifs is 2. The van der Waals surface area contributed by atoms with Crippen molar-refractivity contribution >= 4 is 23.0 Å². The van der Waals surface area contributed by atoms with Gasteiger partial charge in [-0.25, -0.2) is 4.79 Å². The summed E-state index contributed by atoms with van der Waals surface area (Å²) in [6.45, 7) is 2.01. The summed E-state index contributed by atoms with van der Waals surface area (Å²) in [5.41, 5.74) is 2.19. The molecule has 2 heterocycles. The van der Waals surface area contributed by atoms with Crippen molar-refractivity contribution in [1.29, 1.82) is 0 Å². The molecule has 0 unspecified atom stereocenters. The van der Waals surface area contributed by atoms with Crippen LogP contribution in [-0.2, 0) is 16.1 Å². The zero-order valence-corrected chi connectivity index (χ0v) is 23.1. The zero-order chi connectivity index (χ0) is 29.1. The molecule has 1 aliphatic rings. The molecule has 2 N–H and O–H groups in total. The molecular weight excluding hydrogens is 540 g/mol. The second-order valence-corrected chi connectivity index (χ2v) is 9.68. The van der Waals surface area contributed by atoms with E-state index < -0.39 is 6.09 Å². The van der Waals surface area contributed by atoms with Gasteiger partial charge in [-0.15, -0.1) is 0 Å². The van der Waals surface area contributed by atoms with Crippen molar-refractivity contribution in [3.8, 4) is 28.4 Å². The van der Waals surface area contributed by atoms with Crippen LogP contribution in [0, 0.1) is 0 Å². The lowest BCUT2D eigenvalue weighted by atomic mass is 10.0. The molecule has 0 bridgehead atoms. The van der Waals surface area contributed by atoms with Gasteiger partial charge < -0.3 is 34.0 Å². The Hall–Kier alpha value is -4.99. The van der Waals surface area contributed by atoms with E-state index in [1.807, 2.05) is 30.3 Å². The van der Waals surface area contributed by atoms with E-state index in [0.29, 0.717) is 65.6 Å². The lowest BCUT2D eigenvalue weighted by Gasteiger charge is -2.18. The zero-order valence-electron chi connectivity index (χ0n) is 23.1. The minimum absolute atomic E-state index is 0.167. The summed E-state index contributed by atoms with van der Waals surface area (Å²) in [6.07, 6.45) is 3.33. The van der Waals surface area contributed by atoms with Crippen molar-refractivity contribution in [2.24, 2.45) is 0 Å². The average molecular weight is 573 g/mol. The van der Waals surface area contributed by atoms with Crippen molar-refractivity contribution in [2.45, 2.75) is 25.9 Å². The summed E-state index contributed by atoms with van der Waals surface area (Å²) in [7, 11) is 0. The van der Waals surface area contributed by atoms with Gasteiger partial charge in [-0.3, -0.25) is 9.59 Å². The van der Waals surface area contributed by atoms with Crippen molar-refractivity contribution < 1.29 is 33.0 Å². The highest BCUT2D eigenvalue weighted by Crippen LogP contribution is 2.34. The normalized spacial score (nSPS) is 12.0. The largest absolute Gasteiger partial charge is 0.486 e. The van der Waals surface area contributed by atoms with Gasteiger partial charge in [0.1, 0.15) is 37.4 Å². The number of amides is 2. The first-order chi connectivity index (χ1) is 20.6. The molecule has 0 saturated carbocycles. The van der Waals surface area contributed by atoms with E-state index >= 15 is 0 Å². The Balaban J connectivity index is 1.01. The standard InChI is InChI=1S/C32H32N2O8/c35-30(33-13-5-2-6-14-34-32(37)42-19-22-7-3-1-4-8-22)21-40-24-10-11-25-28(18-24)41-20-26(31(25)36)23-9-12-27-29(17-23)39-16-15-38-27/h1,3-4,7-12,17-18,20H,2,5-6,13-16,19,21H2,(H,33,35)(H,34,37). The van der Waals surface area contributed by atoms with Crippen LogP contribution >= 0.6 is 0 Å².